The van der Waals surface area contributed by atoms with Gasteiger partial charge in [0.05, 0.1) is 0 Å². The van der Waals surface area contributed by atoms with Crippen LogP contribution in [-0.2, 0) is 0 Å². The Labute approximate surface area is 82.5 Å². The first-order valence-electron chi connectivity index (χ1n) is 4.35. The lowest BCUT2D eigenvalue weighted by Gasteiger charge is -2.28. The second-order valence-electron chi connectivity index (χ2n) is 3.16. The summed E-state index contributed by atoms with van der Waals surface area (Å²) in [5.41, 5.74) is 7.36. The van der Waals surface area contributed by atoms with Crippen molar-refractivity contribution in [1.82, 2.24) is 0 Å². The molecule has 0 bridgehead atoms. The molecule has 0 aliphatic carbocycles. The van der Waals surface area contributed by atoms with Gasteiger partial charge < -0.3 is 10.5 Å². The Balaban J connectivity index is 2.31. The molecule has 2 unspecified atom stereocenters. The molecule has 1 aromatic rings. The predicted molar refractivity (Wildman–Crippen MR) is 55.9 cm³/mol. The predicted octanol–water partition coefficient (Wildman–Crippen LogP) is 2.16. The first kappa shape index (κ1) is 8.91. The van der Waals surface area contributed by atoms with Gasteiger partial charge >= 0.3 is 0 Å². The highest BCUT2D eigenvalue weighted by Gasteiger charge is 2.24. The van der Waals surface area contributed by atoms with Gasteiger partial charge in [-0.25, -0.2) is 0 Å². The number of hydrogen-bond acceptors (Lipinski definition) is 3. The maximum Gasteiger partial charge on any atom is 0.146 e. The van der Waals surface area contributed by atoms with Gasteiger partial charge in [0.15, 0.2) is 0 Å². The van der Waals surface area contributed by atoms with E-state index in [2.05, 4.69) is 0 Å². The quantitative estimate of drug-likeness (QED) is 0.745. The molecule has 1 heterocycles. The van der Waals surface area contributed by atoms with Crippen LogP contribution in [-0.4, -0.2) is 11.7 Å². The average molecular weight is 195 g/mol. The summed E-state index contributed by atoms with van der Waals surface area (Å²) < 4.78 is 5.73. The van der Waals surface area contributed by atoms with Crippen LogP contribution in [0.25, 0.3) is 0 Å². The van der Waals surface area contributed by atoms with Gasteiger partial charge in [0.25, 0.3) is 0 Å². The lowest BCUT2D eigenvalue weighted by atomic mass is 10.0. The van der Waals surface area contributed by atoms with Crippen LogP contribution in [0.3, 0.4) is 0 Å². The number of para-hydroxylation sites is 1. The Morgan fingerprint density at radius 1 is 1.46 bits per heavy atom. The van der Waals surface area contributed by atoms with Gasteiger partial charge in [0.1, 0.15) is 11.2 Å². The zero-order valence-electron chi connectivity index (χ0n) is 7.57. The van der Waals surface area contributed by atoms with Gasteiger partial charge in [0.2, 0.25) is 0 Å². The van der Waals surface area contributed by atoms with E-state index >= 15 is 0 Å². The molecule has 1 aliphatic heterocycles. The van der Waals surface area contributed by atoms with E-state index in [0.717, 1.165) is 17.7 Å². The number of hydrogen-bond donors (Lipinski definition) is 1. The molecular weight excluding hydrogens is 182 g/mol. The molecule has 2 rings (SSSR count). The molecule has 0 fully saturated rings. The third kappa shape index (κ3) is 1.67. The van der Waals surface area contributed by atoms with E-state index in [1.54, 1.807) is 11.8 Å². The number of benzene rings is 1. The van der Waals surface area contributed by atoms with Crippen molar-refractivity contribution in [3.05, 3.63) is 29.8 Å². The third-order valence-electron chi connectivity index (χ3n) is 2.29. The van der Waals surface area contributed by atoms with Crippen LogP contribution >= 0.6 is 11.8 Å². The van der Waals surface area contributed by atoms with E-state index in [0.29, 0.717) is 0 Å². The Morgan fingerprint density at radius 3 is 3.00 bits per heavy atom. The van der Waals surface area contributed by atoms with Crippen LogP contribution in [0.1, 0.15) is 18.0 Å². The molecule has 1 aromatic carbocycles. The molecule has 0 saturated carbocycles. The van der Waals surface area contributed by atoms with Crippen molar-refractivity contribution in [2.75, 3.05) is 6.26 Å². The highest BCUT2D eigenvalue weighted by molar-refractivity contribution is 7.99. The van der Waals surface area contributed by atoms with E-state index in [1.165, 1.54) is 0 Å². The summed E-state index contributed by atoms with van der Waals surface area (Å²) in [5.74, 6) is 0.945. The Hall–Kier alpha value is -0.670. The van der Waals surface area contributed by atoms with Crippen LogP contribution in [0, 0.1) is 0 Å². The normalized spacial score (nSPS) is 26.3. The molecule has 1 aliphatic rings. The van der Waals surface area contributed by atoms with Crippen molar-refractivity contribution in [3.63, 3.8) is 0 Å². The summed E-state index contributed by atoms with van der Waals surface area (Å²) in [6.07, 6.45) is 2.95. The second kappa shape index (κ2) is 3.60. The summed E-state index contributed by atoms with van der Waals surface area (Å²) >= 11 is 1.71. The summed E-state index contributed by atoms with van der Waals surface area (Å²) in [5, 5.41) is 0. The zero-order valence-corrected chi connectivity index (χ0v) is 8.38. The maximum absolute atomic E-state index is 6.02. The van der Waals surface area contributed by atoms with Gasteiger partial charge in [-0.15, -0.1) is 11.8 Å². The number of ether oxygens (including phenoxy) is 1. The van der Waals surface area contributed by atoms with Crippen LogP contribution in [0.4, 0.5) is 0 Å². The van der Waals surface area contributed by atoms with E-state index in [1.807, 2.05) is 30.5 Å². The topological polar surface area (TPSA) is 35.2 Å². The van der Waals surface area contributed by atoms with Crippen LogP contribution in [0.15, 0.2) is 24.3 Å². The average Bonchev–Trinajstić information content (AvgIpc) is 2.18. The van der Waals surface area contributed by atoms with Crippen LogP contribution in [0.5, 0.6) is 5.75 Å². The molecular formula is C10H13NOS. The smallest absolute Gasteiger partial charge is 0.146 e. The fourth-order valence-corrected chi connectivity index (χ4v) is 2.16. The second-order valence-corrected chi connectivity index (χ2v) is 4.16. The van der Waals surface area contributed by atoms with E-state index in [-0.39, 0.29) is 11.5 Å². The standard InChI is InChI=1S/C10H13NOS/c1-13-10-6-8(11)7-4-2-3-5-9(7)12-10/h2-5,8,10H,6,11H2,1H3. The van der Waals surface area contributed by atoms with Gasteiger partial charge in [-0.1, -0.05) is 18.2 Å². The number of thioether (sulfide) groups is 1. The molecule has 0 amide bonds. The minimum Gasteiger partial charge on any atom is -0.479 e. The highest BCUT2D eigenvalue weighted by atomic mass is 32.2. The summed E-state index contributed by atoms with van der Waals surface area (Å²) in [4.78, 5) is 0. The van der Waals surface area contributed by atoms with E-state index < -0.39 is 0 Å². The Bertz CT molecular complexity index is 303. The fourth-order valence-electron chi connectivity index (χ4n) is 1.56. The van der Waals surface area contributed by atoms with Crippen LogP contribution < -0.4 is 10.5 Å². The molecule has 2 N–H and O–H groups in total. The SMILES string of the molecule is CSC1CC(N)c2ccccc2O1. The van der Waals surface area contributed by atoms with Crippen molar-refractivity contribution in [3.8, 4) is 5.75 Å². The first-order valence-corrected chi connectivity index (χ1v) is 5.64. The lowest BCUT2D eigenvalue weighted by molar-refractivity contribution is 0.238. The van der Waals surface area contributed by atoms with Crippen molar-refractivity contribution in [2.45, 2.75) is 17.9 Å². The first-order chi connectivity index (χ1) is 6.31. The van der Waals surface area contributed by atoms with Gasteiger partial charge in [-0.05, 0) is 12.3 Å². The minimum atomic E-state index is 0.127. The van der Waals surface area contributed by atoms with Crippen molar-refractivity contribution < 1.29 is 4.74 Å². The number of rotatable bonds is 1. The monoisotopic (exact) mass is 195 g/mol. The molecule has 3 heteroatoms. The zero-order chi connectivity index (χ0) is 9.26. The minimum absolute atomic E-state index is 0.127. The van der Waals surface area contributed by atoms with E-state index in [9.17, 15) is 0 Å². The van der Waals surface area contributed by atoms with Crippen molar-refractivity contribution in [1.29, 1.82) is 0 Å². The molecule has 70 valence electrons. The molecule has 0 aromatic heterocycles. The molecule has 2 nitrogen and oxygen atoms in total. The maximum atomic E-state index is 6.02. The number of fused-ring (bicyclic) bond motifs is 1. The van der Waals surface area contributed by atoms with Gasteiger partial charge in [0, 0.05) is 18.0 Å². The van der Waals surface area contributed by atoms with Crippen LogP contribution in [0.2, 0.25) is 0 Å². The number of nitrogens with two attached hydrogens (primary N) is 1. The Morgan fingerprint density at radius 2 is 2.23 bits per heavy atom. The lowest BCUT2D eigenvalue weighted by Crippen LogP contribution is -2.26. The Kier molecular flexibility index (Phi) is 2.47. The molecule has 0 spiro atoms. The van der Waals surface area contributed by atoms with E-state index in [4.69, 9.17) is 10.5 Å². The van der Waals surface area contributed by atoms with Crippen molar-refractivity contribution >= 4 is 11.8 Å². The summed E-state index contributed by atoms with van der Waals surface area (Å²) in [6, 6.07) is 8.13. The highest BCUT2D eigenvalue weighted by Crippen LogP contribution is 2.35. The summed E-state index contributed by atoms with van der Waals surface area (Å²) in [7, 11) is 0. The largest absolute Gasteiger partial charge is 0.479 e. The molecule has 0 saturated heterocycles. The third-order valence-corrected chi connectivity index (χ3v) is 3.10. The molecule has 2 atom stereocenters. The van der Waals surface area contributed by atoms with Gasteiger partial charge in [-0.2, -0.15) is 0 Å². The fraction of sp³-hybridized carbons (Fsp3) is 0.400. The molecule has 13 heavy (non-hydrogen) atoms. The van der Waals surface area contributed by atoms with Crippen molar-refractivity contribution in [2.24, 2.45) is 5.73 Å². The van der Waals surface area contributed by atoms with Gasteiger partial charge in [-0.3, -0.25) is 0 Å². The molecule has 0 radical (unpaired) electrons. The summed E-state index contributed by atoms with van der Waals surface area (Å²) in [6.45, 7) is 0.